The maximum absolute atomic E-state index is 13.1. The van der Waals surface area contributed by atoms with E-state index in [0.29, 0.717) is 28.5 Å². The fourth-order valence-corrected chi connectivity index (χ4v) is 3.36. The summed E-state index contributed by atoms with van der Waals surface area (Å²) in [6.07, 6.45) is 1.52. The van der Waals surface area contributed by atoms with Gasteiger partial charge in [-0.25, -0.2) is 0 Å². The van der Waals surface area contributed by atoms with Crippen molar-refractivity contribution in [3.8, 4) is 17.2 Å². The summed E-state index contributed by atoms with van der Waals surface area (Å²) < 4.78 is 11.0. The van der Waals surface area contributed by atoms with Gasteiger partial charge in [-0.1, -0.05) is 30.3 Å². The molecule has 0 atom stereocenters. The van der Waals surface area contributed by atoms with Crippen LogP contribution in [0.4, 0.5) is 5.69 Å². The maximum Gasteiger partial charge on any atom is 0.270 e. The van der Waals surface area contributed by atoms with Gasteiger partial charge in [0.2, 0.25) is 0 Å². The van der Waals surface area contributed by atoms with E-state index >= 15 is 0 Å². The molecule has 2 amide bonds. The van der Waals surface area contributed by atoms with Gasteiger partial charge in [-0.2, -0.15) is 0 Å². The second-order valence-electron chi connectivity index (χ2n) is 6.64. The number of rotatable bonds is 5. The van der Waals surface area contributed by atoms with E-state index < -0.39 is 11.8 Å². The van der Waals surface area contributed by atoms with Gasteiger partial charge in [0.1, 0.15) is 22.8 Å². The average Bonchev–Trinajstić information content (AvgIpc) is 2.78. The largest absolute Gasteiger partial charge is 0.497 e. The van der Waals surface area contributed by atoms with Crippen LogP contribution in [0.25, 0.3) is 6.08 Å². The van der Waals surface area contributed by atoms with Crippen LogP contribution in [0.2, 0.25) is 0 Å². The Morgan fingerprint density at radius 3 is 2.29 bits per heavy atom. The van der Waals surface area contributed by atoms with Crippen LogP contribution in [-0.4, -0.2) is 24.0 Å². The van der Waals surface area contributed by atoms with E-state index in [1.165, 1.54) is 11.0 Å². The van der Waals surface area contributed by atoms with Crippen molar-refractivity contribution in [3.05, 3.63) is 90.0 Å². The van der Waals surface area contributed by atoms with Crippen molar-refractivity contribution in [3.63, 3.8) is 0 Å². The molecule has 7 heteroatoms. The third-order valence-electron chi connectivity index (χ3n) is 4.58. The molecule has 1 N–H and O–H groups in total. The standard InChI is InChI=1S/C24H18N2O4S/c1-29-18-12-10-17(11-13-18)26-23(28)21(22(27)25-24(26)31)15-16-6-5-9-20(14-16)30-19-7-3-2-4-8-19/h2-15H,1H3,(H,25,27,31)/b21-15-. The lowest BCUT2D eigenvalue weighted by atomic mass is 10.1. The molecule has 3 aromatic rings. The third kappa shape index (κ3) is 4.46. The smallest absolute Gasteiger partial charge is 0.270 e. The van der Waals surface area contributed by atoms with Crippen LogP contribution in [0.15, 0.2) is 84.4 Å². The molecule has 3 aromatic carbocycles. The SMILES string of the molecule is COc1ccc(N2C(=O)/C(=C\c3cccc(Oc4ccccc4)c3)C(=O)NC2=S)cc1. The van der Waals surface area contributed by atoms with Crippen LogP contribution in [0.3, 0.4) is 0 Å². The van der Waals surface area contributed by atoms with E-state index in [1.54, 1.807) is 55.6 Å². The van der Waals surface area contributed by atoms with E-state index in [9.17, 15) is 9.59 Å². The summed E-state index contributed by atoms with van der Waals surface area (Å²) in [5.41, 5.74) is 1.15. The average molecular weight is 430 g/mol. The lowest BCUT2D eigenvalue weighted by molar-refractivity contribution is -0.122. The molecule has 1 fully saturated rings. The van der Waals surface area contributed by atoms with Crippen LogP contribution >= 0.6 is 12.2 Å². The van der Waals surface area contributed by atoms with Crippen LogP contribution < -0.4 is 19.7 Å². The van der Waals surface area contributed by atoms with Gasteiger partial charge in [-0.3, -0.25) is 19.8 Å². The fraction of sp³-hybridized carbons (Fsp3) is 0.0417. The molecular weight excluding hydrogens is 412 g/mol. The number of hydrogen-bond donors (Lipinski definition) is 1. The quantitative estimate of drug-likeness (QED) is 0.371. The third-order valence-corrected chi connectivity index (χ3v) is 4.86. The molecule has 0 aromatic heterocycles. The number of benzene rings is 3. The monoisotopic (exact) mass is 430 g/mol. The van der Waals surface area contributed by atoms with Crippen LogP contribution in [0.1, 0.15) is 5.56 Å². The van der Waals surface area contributed by atoms with E-state index in [0.717, 1.165) is 0 Å². The number of carbonyl (C=O) groups is 2. The van der Waals surface area contributed by atoms with E-state index in [2.05, 4.69) is 5.32 Å². The minimum atomic E-state index is -0.547. The summed E-state index contributed by atoms with van der Waals surface area (Å²) in [5, 5.41) is 2.60. The highest BCUT2D eigenvalue weighted by Gasteiger charge is 2.34. The zero-order valence-corrected chi connectivity index (χ0v) is 17.4. The molecule has 1 heterocycles. The molecule has 1 aliphatic heterocycles. The Kier molecular flexibility index (Phi) is 5.77. The summed E-state index contributed by atoms with van der Waals surface area (Å²) in [5.74, 6) is 0.873. The molecule has 0 radical (unpaired) electrons. The Balaban J connectivity index is 1.63. The van der Waals surface area contributed by atoms with Crippen molar-refractivity contribution < 1.29 is 19.1 Å². The van der Waals surface area contributed by atoms with E-state index in [4.69, 9.17) is 21.7 Å². The minimum Gasteiger partial charge on any atom is -0.497 e. The molecule has 0 unspecified atom stereocenters. The Labute approximate surface area is 184 Å². The van der Waals surface area contributed by atoms with Crippen molar-refractivity contribution >= 4 is 40.9 Å². The van der Waals surface area contributed by atoms with Crippen molar-refractivity contribution in [2.24, 2.45) is 0 Å². The number of anilines is 1. The Hall–Kier alpha value is -3.97. The number of carbonyl (C=O) groups excluding carboxylic acids is 2. The molecule has 0 aliphatic carbocycles. The first-order valence-corrected chi connectivity index (χ1v) is 9.84. The van der Waals surface area contributed by atoms with Gasteiger partial charge >= 0.3 is 0 Å². The molecule has 1 aliphatic rings. The first-order chi connectivity index (χ1) is 15.0. The van der Waals surface area contributed by atoms with Gasteiger partial charge in [-0.15, -0.1) is 0 Å². The normalized spacial score (nSPS) is 15.1. The zero-order valence-electron chi connectivity index (χ0n) is 16.6. The van der Waals surface area contributed by atoms with Crippen molar-refractivity contribution in [1.82, 2.24) is 5.32 Å². The number of hydrogen-bond acceptors (Lipinski definition) is 5. The lowest BCUT2D eigenvalue weighted by Crippen LogP contribution is -2.54. The summed E-state index contributed by atoms with van der Waals surface area (Å²) in [4.78, 5) is 26.9. The van der Waals surface area contributed by atoms with Crippen LogP contribution in [-0.2, 0) is 9.59 Å². The van der Waals surface area contributed by atoms with E-state index in [1.807, 2.05) is 30.3 Å². The number of ether oxygens (including phenoxy) is 2. The molecule has 154 valence electrons. The van der Waals surface area contributed by atoms with Gasteiger partial charge in [0, 0.05) is 0 Å². The summed E-state index contributed by atoms with van der Waals surface area (Å²) in [6.45, 7) is 0. The van der Waals surface area contributed by atoms with Crippen molar-refractivity contribution in [2.75, 3.05) is 12.0 Å². The van der Waals surface area contributed by atoms with Crippen molar-refractivity contribution in [1.29, 1.82) is 0 Å². The first-order valence-electron chi connectivity index (χ1n) is 9.43. The highest BCUT2D eigenvalue weighted by Crippen LogP contribution is 2.26. The molecule has 0 saturated carbocycles. The topological polar surface area (TPSA) is 67.9 Å². The predicted molar refractivity (Wildman–Crippen MR) is 122 cm³/mol. The fourth-order valence-electron chi connectivity index (χ4n) is 3.08. The second-order valence-corrected chi connectivity index (χ2v) is 7.03. The Bertz CT molecular complexity index is 1170. The first kappa shape index (κ1) is 20.3. The molecule has 0 spiro atoms. The predicted octanol–water partition coefficient (Wildman–Crippen LogP) is 4.32. The summed E-state index contributed by atoms with van der Waals surface area (Å²) in [6, 6.07) is 23.3. The Morgan fingerprint density at radius 1 is 0.871 bits per heavy atom. The zero-order chi connectivity index (χ0) is 21.8. The number of nitrogens with zero attached hydrogens (tertiary/aromatic N) is 1. The molecular formula is C24H18N2O4S. The highest BCUT2D eigenvalue weighted by molar-refractivity contribution is 7.80. The van der Waals surface area contributed by atoms with Crippen LogP contribution in [0.5, 0.6) is 17.2 Å². The number of amides is 2. The Morgan fingerprint density at radius 2 is 1.58 bits per heavy atom. The number of thiocarbonyl (C=S) groups is 1. The molecule has 31 heavy (non-hydrogen) atoms. The van der Waals surface area contributed by atoms with Crippen molar-refractivity contribution in [2.45, 2.75) is 0 Å². The number of para-hydroxylation sites is 1. The maximum atomic E-state index is 13.1. The molecule has 1 saturated heterocycles. The second kappa shape index (κ2) is 8.81. The van der Waals surface area contributed by atoms with Crippen LogP contribution in [0, 0.1) is 0 Å². The lowest BCUT2D eigenvalue weighted by Gasteiger charge is -2.29. The summed E-state index contributed by atoms with van der Waals surface area (Å²) >= 11 is 5.23. The number of nitrogens with one attached hydrogen (secondary N) is 1. The van der Waals surface area contributed by atoms with Gasteiger partial charge < -0.3 is 9.47 Å². The molecule has 4 rings (SSSR count). The number of methoxy groups -OCH3 is 1. The molecule has 6 nitrogen and oxygen atoms in total. The van der Waals surface area contributed by atoms with Gasteiger partial charge in [0.25, 0.3) is 11.8 Å². The van der Waals surface area contributed by atoms with Gasteiger partial charge in [-0.05, 0) is 72.4 Å². The molecule has 0 bridgehead atoms. The van der Waals surface area contributed by atoms with E-state index in [-0.39, 0.29) is 10.7 Å². The minimum absolute atomic E-state index is 0.0264. The summed E-state index contributed by atoms with van der Waals surface area (Å²) in [7, 11) is 1.56. The van der Waals surface area contributed by atoms with Gasteiger partial charge in [0.15, 0.2) is 5.11 Å². The highest BCUT2D eigenvalue weighted by atomic mass is 32.1. The van der Waals surface area contributed by atoms with Gasteiger partial charge in [0.05, 0.1) is 12.8 Å².